The number of para-hydroxylation sites is 2. The largest absolute Gasteiger partial charge is 2.00 e. The Morgan fingerprint density at radius 1 is 0.488 bits per heavy atom. The Kier molecular flexibility index (Phi) is 14.8. The summed E-state index contributed by atoms with van der Waals surface area (Å²) in [5, 5.41) is 41.0. The van der Waals surface area contributed by atoms with Crippen molar-refractivity contribution in [3.63, 3.8) is 0 Å². The molecule has 43 heavy (non-hydrogen) atoms. The number of benzene rings is 4. The molecule has 2 aliphatic heterocycles. The van der Waals surface area contributed by atoms with Crippen LogP contribution in [0.5, 0.6) is 23.0 Å². The maximum absolute atomic E-state index is 10.3. The van der Waals surface area contributed by atoms with Crippen molar-refractivity contribution in [1.29, 1.82) is 0 Å². The summed E-state index contributed by atoms with van der Waals surface area (Å²) in [6, 6.07) is 27.9. The molecule has 0 amide bonds. The van der Waals surface area contributed by atoms with Crippen LogP contribution in [-0.2, 0) is 16.5 Å². The SMILES string of the molecule is C=CC1SC(C=C)c2c(O)cccc21.C=CC1SC(C=C)c2c(O)cccc21.[Ni+2].[O-]c1ccccc1.[O-]c1ccccc1. The Bertz CT molecular complexity index is 1360. The Labute approximate surface area is 273 Å². The minimum atomic E-state index is 0. The summed E-state index contributed by atoms with van der Waals surface area (Å²) in [6.45, 7) is 15.2. The average Bonchev–Trinajstić information content (AvgIpc) is 3.58. The first-order chi connectivity index (χ1) is 20.3. The molecular weight excluding hydrogens is 619 g/mol. The first-order valence-electron chi connectivity index (χ1n) is 13.2. The predicted molar refractivity (Wildman–Crippen MR) is 175 cm³/mol. The molecule has 0 radical (unpaired) electrons. The van der Waals surface area contributed by atoms with E-state index in [4.69, 9.17) is 0 Å². The molecule has 224 valence electrons. The second-order valence-electron chi connectivity index (χ2n) is 9.08. The molecule has 7 heteroatoms. The van der Waals surface area contributed by atoms with Crippen LogP contribution in [0.2, 0.25) is 0 Å². The van der Waals surface area contributed by atoms with Gasteiger partial charge in [0.25, 0.3) is 0 Å². The minimum absolute atomic E-state index is 0. The molecule has 0 aromatic heterocycles. The summed E-state index contributed by atoms with van der Waals surface area (Å²) in [4.78, 5) is 0. The smallest absolute Gasteiger partial charge is 0.872 e. The van der Waals surface area contributed by atoms with Crippen LogP contribution in [0.1, 0.15) is 43.3 Å². The Balaban J connectivity index is 0.000000209. The van der Waals surface area contributed by atoms with E-state index in [0.29, 0.717) is 11.5 Å². The summed E-state index contributed by atoms with van der Waals surface area (Å²) in [6.07, 6.45) is 7.55. The van der Waals surface area contributed by atoms with Crippen LogP contribution in [-0.4, -0.2) is 10.2 Å². The van der Waals surface area contributed by atoms with Crippen LogP contribution in [0.4, 0.5) is 0 Å². The fourth-order valence-electron chi connectivity index (χ4n) is 4.41. The quantitative estimate of drug-likeness (QED) is 0.169. The first-order valence-corrected chi connectivity index (χ1v) is 15.1. The first kappa shape index (κ1) is 35.4. The van der Waals surface area contributed by atoms with Gasteiger partial charge in [0.2, 0.25) is 0 Å². The van der Waals surface area contributed by atoms with E-state index in [-0.39, 0.29) is 49.0 Å². The van der Waals surface area contributed by atoms with E-state index in [1.54, 1.807) is 59.9 Å². The summed E-state index contributed by atoms with van der Waals surface area (Å²) < 4.78 is 0. The van der Waals surface area contributed by atoms with Gasteiger partial charge >= 0.3 is 16.5 Å². The van der Waals surface area contributed by atoms with Gasteiger partial charge < -0.3 is 20.4 Å². The molecule has 0 saturated heterocycles. The number of hydrogen-bond donors (Lipinski definition) is 2. The maximum Gasteiger partial charge on any atom is 2.00 e. The summed E-state index contributed by atoms with van der Waals surface area (Å²) in [5.41, 5.74) is 4.32. The molecule has 4 atom stereocenters. The third kappa shape index (κ3) is 9.62. The van der Waals surface area contributed by atoms with Gasteiger partial charge in [-0.15, -0.1) is 61.3 Å². The number of thioether (sulfide) groups is 2. The van der Waals surface area contributed by atoms with E-state index in [1.165, 1.54) is 24.3 Å². The fourth-order valence-corrected chi connectivity index (χ4v) is 6.97. The van der Waals surface area contributed by atoms with E-state index in [1.807, 2.05) is 60.7 Å². The second-order valence-corrected chi connectivity index (χ2v) is 11.7. The van der Waals surface area contributed by atoms with Crippen LogP contribution >= 0.6 is 23.5 Å². The Hall–Kier alpha value is -3.77. The van der Waals surface area contributed by atoms with Gasteiger partial charge in [0, 0.05) is 21.6 Å². The van der Waals surface area contributed by atoms with Gasteiger partial charge in [0.15, 0.2) is 0 Å². The van der Waals surface area contributed by atoms with Crippen LogP contribution < -0.4 is 10.2 Å². The number of phenolic OH excluding ortho intramolecular Hbond substituents is 2. The van der Waals surface area contributed by atoms with E-state index in [0.717, 1.165) is 22.3 Å². The topological polar surface area (TPSA) is 86.6 Å². The van der Waals surface area contributed by atoms with Gasteiger partial charge in [0.05, 0.1) is 10.5 Å². The molecule has 0 spiro atoms. The molecule has 4 unspecified atom stereocenters. The van der Waals surface area contributed by atoms with Crippen molar-refractivity contribution in [2.24, 2.45) is 0 Å². The average molecular weight is 653 g/mol. The van der Waals surface area contributed by atoms with Gasteiger partial charge in [-0.25, -0.2) is 0 Å². The number of hydrogen-bond acceptors (Lipinski definition) is 6. The molecular formula is C36H34NiO4S2. The monoisotopic (exact) mass is 652 g/mol. The molecule has 2 heterocycles. The van der Waals surface area contributed by atoms with Crippen molar-refractivity contribution in [3.8, 4) is 23.0 Å². The molecule has 6 rings (SSSR count). The summed E-state index contributed by atoms with van der Waals surface area (Å²) in [7, 11) is 0. The van der Waals surface area contributed by atoms with Crippen molar-refractivity contribution >= 4 is 23.5 Å². The Morgan fingerprint density at radius 3 is 1.07 bits per heavy atom. The van der Waals surface area contributed by atoms with Crippen molar-refractivity contribution in [2.75, 3.05) is 0 Å². The zero-order valence-corrected chi connectivity index (χ0v) is 26.1. The second kappa shape index (κ2) is 18.0. The molecule has 0 saturated carbocycles. The molecule has 0 fully saturated rings. The van der Waals surface area contributed by atoms with Crippen molar-refractivity contribution in [1.82, 2.24) is 0 Å². The molecule has 4 aromatic rings. The number of rotatable bonds is 4. The standard InChI is InChI=1S/2C12H12OS.2C6H6O.Ni/c2*1-3-10-8-6-5-7-9(13)12(8)11(4-2)14-10;2*7-6-4-2-1-3-5-6;/h2*3-7,10-11,13H,1-2H2;2*1-5,7H;/q;;;;+2/p-2. The van der Waals surface area contributed by atoms with Gasteiger partial charge in [-0.3, -0.25) is 0 Å². The van der Waals surface area contributed by atoms with Crippen LogP contribution in [0, 0.1) is 0 Å². The van der Waals surface area contributed by atoms with E-state index in [2.05, 4.69) is 26.3 Å². The summed E-state index contributed by atoms with van der Waals surface area (Å²) >= 11 is 3.51. The molecule has 0 aliphatic carbocycles. The van der Waals surface area contributed by atoms with Gasteiger partial charge in [-0.1, -0.05) is 109 Å². The molecule has 4 aromatic carbocycles. The Morgan fingerprint density at radius 2 is 0.814 bits per heavy atom. The fraction of sp³-hybridized carbons (Fsp3) is 0.111. The molecule has 2 N–H and O–H groups in total. The molecule has 0 bridgehead atoms. The summed E-state index contributed by atoms with van der Waals surface area (Å²) in [5.74, 6) is 0.874. The van der Waals surface area contributed by atoms with E-state index >= 15 is 0 Å². The van der Waals surface area contributed by atoms with Crippen molar-refractivity contribution in [3.05, 3.63) is 170 Å². The van der Waals surface area contributed by atoms with Crippen molar-refractivity contribution in [2.45, 2.75) is 21.0 Å². The van der Waals surface area contributed by atoms with Gasteiger partial charge in [0.1, 0.15) is 11.5 Å². The zero-order chi connectivity index (χ0) is 30.5. The molecule has 4 nitrogen and oxygen atoms in total. The van der Waals surface area contributed by atoms with Crippen LogP contribution in [0.3, 0.4) is 0 Å². The maximum atomic E-state index is 10.3. The van der Waals surface area contributed by atoms with Crippen LogP contribution in [0.15, 0.2) is 148 Å². The number of phenols is 2. The third-order valence-corrected chi connectivity index (χ3v) is 9.27. The molecule has 2 aliphatic rings. The van der Waals surface area contributed by atoms with Crippen molar-refractivity contribution < 1.29 is 36.9 Å². The number of aromatic hydroxyl groups is 2. The van der Waals surface area contributed by atoms with Gasteiger partial charge in [-0.05, 0) is 23.3 Å². The third-order valence-electron chi connectivity index (χ3n) is 6.34. The van der Waals surface area contributed by atoms with Gasteiger partial charge in [-0.2, -0.15) is 0 Å². The minimum Gasteiger partial charge on any atom is -0.872 e. The van der Waals surface area contributed by atoms with E-state index in [9.17, 15) is 20.4 Å². The predicted octanol–water partition coefficient (Wildman–Crippen LogP) is 8.70. The number of fused-ring (bicyclic) bond motifs is 2. The van der Waals surface area contributed by atoms with Crippen LogP contribution in [0.25, 0.3) is 0 Å². The normalized spacial score (nSPS) is 18.6. The zero-order valence-electron chi connectivity index (χ0n) is 23.5. The van der Waals surface area contributed by atoms with E-state index < -0.39 is 0 Å².